The van der Waals surface area contributed by atoms with Gasteiger partial charge < -0.3 is 9.73 Å². The van der Waals surface area contributed by atoms with Crippen molar-refractivity contribution < 1.29 is 13.4 Å². The minimum absolute atomic E-state index is 0.179. The van der Waals surface area contributed by atoms with Crippen molar-refractivity contribution in [3.05, 3.63) is 87.8 Å². The van der Waals surface area contributed by atoms with Crippen molar-refractivity contribution in [3.63, 3.8) is 0 Å². The number of hydrogen-bond acceptors (Lipinski definition) is 3. The van der Waals surface area contributed by atoms with Crippen LogP contribution in [0.25, 0.3) is 0 Å². The van der Waals surface area contributed by atoms with E-state index in [2.05, 4.69) is 5.32 Å². The summed E-state index contributed by atoms with van der Waals surface area (Å²) in [5, 5.41) is 4.02. The maximum absolute atomic E-state index is 12.4. The van der Waals surface area contributed by atoms with Crippen LogP contribution in [-0.4, -0.2) is 16.7 Å². The number of benzene rings is 2. The van der Waals surface area contributed by atoms with Gasteiger partial charge in [0.2, 0.25) is 0 Å². The summed E-state index contributed by atoms with van der Waals surface area (Å²) in [6.45, 7) is 0.477. The fraction of sp³-hybridized carbons (Fsp3) is 0.150. The average Bonchev–Trinajstić information content (AvgIpc) is 3.12. The van der Waals surface area contributed by atoms with E-state index in [-0.39, 0.29) is 17.4 Å². The predicted octanol–water partition coefficient (Wildman–Crippen LogP) is 4.87. The molecule has 0 bridgehead atoms. The smallest absolute Gasteiger partial charge is 0.287 e. The standard InChI is InChI=1S/C20H17Cl2NO3S/c21-15-6-4-14(5-7-15)10-11-23-20(24)19-9-8-17(26-19)13-27(25)18-3-1-2-16(22)12-18/h1-9,12H,10-11,13H2,(H,23,24). The molecule has 0 aliphatic rings. The molecule has 1 unspecified atom stereocenters. The molecule has 1 aromatic heterocycles. The van der Waals surface area contributed by atoms with Crippen molar-refractivity contribution in [2.75, 3.05) is 6.54 Å². The van der Waals surface area contributed by atoms with Gasteiger partial charge in [0.15, 0.2) is 5.76 Å². The van der Waals surface area contributed by atoms with Gasteiger partial charge >= 0.3 is 0 Å². The van der Waals surface area contributed by atoms with Crippen LogP contribution in [0.1, 0.15) is 21.9 Å². The molecule has 3 aromatic rings. The minimum atomic E-state index is -1.30. The largest absolute Gasteiger partial charge is 0.455 e. The highest BCUT2D eigenvalue weighted by Crippen LogP contribution is 2.18. The molecule has 1 amide bonds. The first kappa shape index (κ1) is 19.7. The lowest BCUT2D eigenvalue weighted by molar-refractivity contribution is 0.0925. The molecule has 1 atom stereocenters. The van der Waals surface area contributed by atoms with Gasteiger partial charge in [-0.25, -0.2) is 0 Å². The number of carbonyl (C=O) groups is 1. The van der Waals surface area contributed by atoms with Gasteiger partial charge in [-0.3, -0.25) is 9.00 Å². The van der Waals surface area contributed by atoms with Crippen molar-refractivity contribution in [3.8, 4) is 0 Å². The fourth-order valence-electron chi connectivity index (χ4n) is 2.46. The molecular formula is C20H17Cl2NO3S. The molecule has 2 aromatic carbocycles. The van der Waals surface area contributed by atoms with Gasteiger partial charge in [-0.05, 0) is 54.4 Å². The number of rotatable bonds is 7. The minimum Gasteiger partial charge on any atom is -0.455 e. The molecule has 27 heavy (non-hydrogen) atoms. The normalized spacial score (nSPS) is 11.9. The van der Waals surface area contributed by atoms with Crippen molar-refractivity contribution >= 4 is 39.9 Å². The van der Waals surface area contributed by atoms with Gasteiger partial charge in [-0.2, -0.15) is 0 Å². The van der Waals surface area contributed by atoms with Gasteiger partial charge in [0, 0.05) is 21.5 Å². The lowest BCUT2D eigenvalue weighted by atomic mass is 10.1. The Hall–Kier alpha value is -2.08. The molecule has 0 aliphatic heterocycles. The Kier molecular flexibility index (Phi) is 6.72. The average molecular weight is 422 g/mol. The van der Waals surface area contributed by atoms with Crippen LogP contribution in [0.5, 0.6) is 0 Å². The second-order valence-corrected chi connectivity index (χ2v) is 8.17. The van der Waals surface area contributed by atoms with Crippen LogP contribution >= 0.6 is 23.2 Å². The first-order chi connectivity index (χ1) is 13.0. The molecule has 0 radical (unpaired) electrons. The molecule has 3 rings (SSSR count). The molecule has 0 saturated carbocycles. The summed E-state index contributed by atoms with van der Waals surface area (Å²) in [7, 11) is -1.30. The number of nitrogens with one attached hydrogen (secondary N) is 1. The third-order valence-electron chi connectivity index (χ3n) is 3.83. The molecule has 0 spiro atoms. The van der Waals surface area contributed by atoms with Crippen LogP contribution in [0.15, 0.2) is 70.0 Å². The highest BCUT2D eigenvalue weighted by atomic mass is 35.5. The van der Waals surface area contributed by atoms with E-state index in [1.54, 1.807) is 36.4 Å². The Morgan fingerprint density at radius 2 is 1.78 bits per heavy atom. The quantitative estimate of drug-likeness (QED) is 0.591. The summed E-state index contributed by atoms with van der Waals surface area (Å²) >= 11 is 11.8. The van der Waals surface area contributed by atoms with Gasteiger partial charge in [0.25, 0.3) is 5.91 Å². The third kappa shape index (κ3) is 5.70. The molecule has 0 fully saturated rings. The number of carbonyl (C=O) groups excluding carboxylic acids is 1. The fourth-order valence-corrected chi connectivity index (χ4v) is 3.91. The van der Waals surface area contributed by atoms with E-state index in [9.17, 15) is 9.00 Å². The molecule has 0 saturated heterocycles. The van der Waals surface area contributed by atoms with Crippen molar-refractivity contribution in [1.82, 2.24) is 5.32 Å². The zero-order valence-corrected chi connectivity index (χ0v) is 16.6. The van der Waals surface area contributed by atoms with Gasteiger partial charge in [0.1, 0.15) is 5.76 Å². The highest BCUT2D eigenvalue weighted by Gasteiger charge is 2.13. The monoisotopic (exact) mass is 421 g/mol. The topological polar surface area (TPSA) is 59.3 Å². The summed E-state index contributed by atoms with van der Waals surface area (Å²) in [5.74, 6) is 0.558. The molecule has 140 valence electrons. The first-order valence-corrected chi connectivity index (χ1v) is 10.3. The molecule has 1 heterocycles. The lowest BCUT2D eigenvalue weighted by Gasteiger charge is -2.04. The Labute approximate surface area is 169 Å². The van der Waals surface area contributed by atoms with E-state index in [4.69, 9.17) is 27.6 Å². The van der Waals surface area contributed by atoms with E-state index in [1.807, 2.05) is 24.3 Å². The third-order valence-corrected chi connectivity index (χ3v) is 5.64. The molecular weight excluding hydrogens is 405 g/mol. The van der Waals surface area contributed by atoms with E-state index < -0.39 is 10.8 Å². The SMILES string of the molecule is O=C(NCCc1ccc(Cl)cc1)c1ccc(CS(=O)c2cccc(Cl)c2)o1. The zero-order chi connectivity index (χ0) is 19.2. The number of furan rings is 1. The Balaban J connectivity index is 1.52. The molecule has 1 N–H and O–H groups in total. The van der Waals surface area contributed by atoms with Crippen LogP contribution in [0.4, 0.5) is 0 Å². The maximum Gasteiger partial charge on any atom is 0.287 e. The van der Waals surface area contributed by atoms with Crippen molar-refractivity contribution in [1.29, 1.82) is 0 Å². The van der Waals surface area contributed by atoms with Gasteiger partial charge in [-0.1, -0.05) is 41.4 Å². The Morgan fingerprint density at radius 3 is 2.52 bits per heavy atom. The van der Waals surface area contributed by atoms with Crippen LogP contribution in [0.3, 0.4) is 0 Å². The van der Waals surface area contributed by atoms with Crippen LogP contribution in [0.2, 0.25) is 10.0 Å². The second kappa shape index (κ2) is 9.22. The van der Waals surface area contributed by atoms with Crippen molar-refractivity contribution in [2.24, 2.45) is 0 Å². The number of amides is 1. The number of hydrogen-bond donors (Lipinski definition) is 1. The maximum atomic E-state index is 12.4. The second-order valence-electron chi connectivity index (χ2n) is 5.85. The van der Waals surface area contributed by atoms with Crippen molar-refractivity contribution in [2.45, 2.75) is 17.1 Å². The van der Waals surface area contributed by atoms with E-state index in [1.165, 1.54) is 0 Å². The molecule has 7 heteroatoms. The molecule has 0 aliphatic carbocycles. The predicted molar refractivity (Wildman–Crippen MR) is 108 cm³/mol. The zero-order valence-electron chi connectivity index (χ0n) is 14.3. The van der Waals surface area contributed by atoms with E-state index in [0.717, 1.165) is 5.56 Å². The van der Waals surface area contributed by atoms with Gasteiger partial charge in [-0.15, -0.1) is 0 Å². The van der Waals surface area contributed by atoms with Crippen LogP contribution in [-0.2, 0) is 23.0 Å². The molecule has 4 nitrogen and oxygen atoms in total. The Morgan fingerprint density at radius 1 is 1.00 bits per heavy atom. The number of halogens is 2. The summed E-state index contributed by atoms with van der Waals surface area (Å²) < 4.78 is 17.9. The van der Waals surface area contributed by atoms with Crippen LogP contribution in [0, 0.1) is 0 Å². The summed E-state index contributed by atoms with van der Waals surface area (Å²) in [6.07, 6.45) is 0.690. The first-order valence-electron chi connectivity index (χ1n) is 8.26. The Bertz CT molecular complexity index is 954. The van der Waals surface area contributed by atoms with E-state index >= 15 is 0 Å². The summed E-state index contributed by atoms with van der Waals surface area (Å²) in [5.41, 5.74) is 1.08. The van der Waals surface area contributed by atoms with Gasteiger partial charge in [0.05, 0.1) is 16.6 Å². The van der Waals surface area contributed by atoms with Crippen LogP contribution < -0.4 is 5.32 Å². The highest BCUT2D eigenvalue weighted by molar-refractivity contribution is 7.84. The summed E-state index contributed by atoms with van der Waals surface area (Å²) in [4.78, 5) is 12.8. The van der Waals surface area contributed by atoms with E-state index in [0.29, 0.717) is 33.7 Å². The summed E-state index contributed by atoms with van der Waals surface area (Å²) in [6, 6.07) is 17.6. The lowest BCUT2D eigenvalue weighted by Crippen LogP contribution is -2.25.